The lowest BCUT2D eigenvalue weighted by molar-refractivity contribution is 0.164. The van der Waals surface area contributed by atoms with Gasteiger partial charge in [-0.25, -0.2) is 5.01 Å². The van der Waals surface area contributed by atoms with Crippen molar-refractivity contribution in [3.05, 3.63) is 0 Å². The molecule has 0 aromatic rings. The fourth-order valence-electron chi connectivity index (χ4n) is 4.54. The Morgan fingerprint density at radius 3 is 2.68 bits per heavy atom. The molecule has 1 aliphatic carbocycles. The molecule has 6 atom stereocenters. The molecule has 4 heteroatoms. The van der Waals surface area contributed by atoms with Crippen LogP contribution in [0, 0.1) is 17.8 Å². The van der Waals surface area contributed by atoms with Crippen molar-refractivity contribution in [2.24, 2.45) is 17.8 Å². The molecule has 0 aromatic heterocycles. The lowest BCUT2D eigenvalue weighted by Crippen LogP contribution is -2.41. The molecule has 2 N–H and O–H groups in total. The second kappa shape index (κ2) is 5.55. The summed E-state index contributed by atoms with van der Waals surface area (Å²) in [5.74, 6) is 2.48. The third-order valence-corrected chi connectivity index (χ3v) is 6.77. The van der Waals surface area contributed by atoms with Crippen LogP contribution in [0.15, 0.2) is 0 Å². The van der Waals surface area contributed by atoms with Gasteiger partial charge in [-0.05, 0) is 37.0 Å². The van der Waals surface area contributed by atoms with Crippen molar-refractivity contribution in [1.29, 1.82) is 0 Å². The van der Waals surface area contributed by atoms with Crippen LogP contribution in [0.5, 0.6) is 0 Å². The first-order valence-electron chi connectivity index (χ1n) is 7.94. The SMILES string of the molecule is CC1CNC(C2CCC3C(C2)NN(C)C3C(C)C)S1. The maximum absolute atomic E-state index is 3.75. The quantitative estimate of drug-likeness (QED) is 0.813. The van der Waals surface area contributed by atoms with E-state index in [1.807, 2.05) is 0 Å². The van der Waals surface area contributed by atoms with Gasteiger partial charge in [0, 0.05) is 30.9 Å². The fraction of sp³-hybridized carbons (Fsp3) is 1.00. The Morgan fingerprint density at radius 1 is 1.26 bits per heavy atom. The zero-order chi connectivity index (χ0) is 13.6. The lowest BCUT2D eigenvalue weighted by atomic mass is 9.74. The molecule has 2 heterocycles. The summed E-state index contributed by atoms with van der Waals surface area (Å²) in [6, 6.07) is 1.45. The maximum Gasteiger partial charge on any atom is 0.0564 e. The number of thioether (sulfide) groups is 1. The lowest BCUT2D eigenvalue weighted by Gasteiger charge is -2.36. The van der Waals surface area contributed by atoms with Crippen LogP contribution in [0.3, 0.4) is 0 Å². The summed E-state index contributed by atoms with van der Waals surface area (Å²) in [7, 11) is 2.24. The molecule has 2 saturated heterocycles. The van der Waals surface area contributed by atoms with E-state index in [1.54, 1.807) is 0 Å². The molecular weight excluding hydrogens is 254 g/mol. The van der Waals surface area contributed by atoms with Crippen LogP contribution in [-0.2, 0) is 0 Å². The van der Waals surface area contributed by atoms with Gasteiger partial charge in [0.05, 0.1) is 5.37 Å². The molecule has 0 bridgehead atoms. The molecule has 6 unspecified atom stereocenters. The summed E-state index contributed by atoms with van der Waals surface area (Å²) in [5, 5.41) is 7.63. The standard InChI is InChI=1S/C15H29N3S/c1-9(2)14-12-6-5-11(7-13(12)17-18(14)4)15-16-8-10(3)19-15/h9-17H,5-8H2,1-4H3. The number of nitrogens with one attached hydrogen (secondary N) is 2. The van der Waals surface area contributed by atoms with Gasteiger partial charge >= 0.3 is 0 Å². The molecule has 1 saturated carbocycles. The molecule has 110 valence electrons. The van der Waals surface area contributed by atoms with Crippen LogP contribution >= 0.6 is 11.8 Å². The van der Waals surface area contributed by atoms with E-state index < -0.39 is 0 Å². The first-order valence-corrected chi connectivity index (χ1v) is 8.88. The highest BCUT2D eigenvalue weighted by atomic mass is 32.2. The van der Waals surface area contributed by atoms with Gasteiger partial charge in [0.2, 0.25) is 0 Å². The van der Waals surface area contributed by atoms with Gasteiger partial charge in [-0.3, -0.25) is 5.43 Å². The molecule has 3 rings (SSSR count). The van der Waals surface area contributed by atoms with Crippen LogP contribution in [0.25, 0.3) is 0 Å². The molecule has 3 fully saturated rings. The summed E-state index contributed by atoms with van der Waals surface area (Å²) in [4.78, 5) is 0. The van der Waals surface area contributed by atoms with Crippen LogP contribution in [0.4, 0.5) is 0 Å². The topological polar surface area (TPSA) is 27.3 Å². The molecule has 3 nitrogen and oxygen atoms in total. The van der Waals surface area contributed by atoms with Crippen molar-refractivity contribution in [1.82, 2.24) is 15.8 Å². The van der Waals surface area contributed by atoms with Crippen LogP contribution in [-0.4, -0.2) is 41.3 Å². The number of rotatable bonds is 2. The summed E-state index contributed by atoms with van der Waals surface area (Å²) in [5.41, 5.74) is 3.75. The molecular formula is C15H29N3S. The average molecular weight is 283 g/mol. The average Bonchev–Trinajstić information content (AvgIpc) is 2.90. The van der Waals surface area contributed by atoms with Crippen LogP contribution < -0.4 is 10.7 Å². The molecule has 2 aliphatic heterocycles. The van der Waals surface area contributed by atoms with Crippen molar-refractivity contribution in [3.8, 4) is 0 Å². The van der Waals surface area contributed by atoms with E-state index >= 15 is 0 Å². The predicted molar refractivity (Wildman–Crippen MR) is 83.0 cm³/mol. The predicted octanol–water partition coefficient (Wildman–Crippen LogP) is 2.30. The number of hydrogen-bond donors (Lipinski definition) is 2. The molecule has 0 radical (unpaired) electrons. The Bertz CT molecular complexity index is 323. The highest BCUT2D eigenvalue weighted by molar-refractivity contribution is 8.00. The van der Waals surface area contributed by atoms with Gasteiger partial charge in [0.1, 0.15) is 0 Å². The normalized spacial score (nSPS) is 47.8. The minimum atomic E-state index is 0.709. The Morgan fingerprint density at radius 2 is 2.05 bits per heavy atom. The van der Waals surface area contributed by atoms with Gasteiger partial charge in [-0.2, -0.15) is 0 Å². The van der Waals surface area contributed by atoms with Crippen LogP contribution in [0.1, 0.15) is 40.0 Å². The molecule has 0 amide bonds. The summed E-state index contributed by atoms with van der Waals surface area (Å²) in [6.45, 7) is 8.28. The molecule has 0 aromatic carbocycles. The molecule has 3 aliphatic rings. The highest BCUT2D eigenvalue weighted by Crippen LogP contribution is 2.43. The zero-order valence-corrected chi connectivity index (χ0v) is 13.5. The minimum Gasteiger partial charge on any atom is -0.304 e. The first-order chi connectivity index (χ1) is 9.06. The van der Waals surface area contributed by atoms with Crippen molar-refractivity contribution in [2.45, 2.75) is 62.7 Å². The van der Waals surface area contributed by atoms with Crippen LogP contribution in [0.2, 0.25) is 0 Å². The summed E-state index contributed by atoms with van der Waals surface area (Å²) < 4.78 is 0. The fourth-order valence-corrected chi connectivity index (χ4v) is 5.90. The molecule has 19 heavy (non-hydrogen) atoms. The Labute approximate surface area is 122 Å². The smallest absolute Gasteiger partial charge is 0.0564 e. The van der Waals surface area contributed by atoms with Gasteiger partial charge in [-0.15, -0.1) is 11.8 Å². The van der Waals surface area contributed by atoms with E-state index in [1.165, 1.54) is 25.8 Å². The third kappa shape index (κ3) is 2.69. The summed E-state index contributed by atoms with van der Waals surface area (Å²) >= 11 is 2.16. The monoisotopic (exact) mass is 283 g/mol. The van der Waals surface area contributed by atoms with E-state index in [2.05, 4.69) is 55.3 Å². The van der Waals surface area contributed by atoms with Gasteiger partial charge in [0.15, 0.2) is 0 Å². The zero-order valence-electron chi connectivity index (χ0n) is 12.7. The number of hydrogen-bond acceptors (Lipinski definition) is 4. The Kier molecular flexibility index (Phi) is 4.14. The second-order valence-electron chi connectivity index (χ2n) is 7.09. The number of nitrogens with zero attached hydrogens (tertiary/aromatic N) is 1. The second-order valence-corrected chi connectivity index (χ2v) is 8.68. The molecule has 0 spiro atoms. The maximum atomic E-state index is 3.75. The largest absolute Gasteiger partial charge is 0.304 e. The first kappa shape index (κ1) is 14.2. The van der Waals surface area contributed by atoms with E-state index in [0.717, 1.165) is 35.1 Å². The van der Waals surface area contributed by atoms with E-state index in [9.17, 15) is 0 Å². The van der Waals surface area contributed by atoms with E-state index in [4.69, 9.17) is 0 Å². The van der Waals surface area contributed by atoms with E-state index in [-0.39, 0.29) is 0 Å². The number of hydrazine groups is 1. The van der Waals surface area contributed by atoms with E-state index in [0.29, 0.717) is 5.37 Å². The Balaban J connectivity index is 1.63. The minimum absolute atomic E-state index is 0.709. The van der Waals surface area contributed by atoms with Crippen molar-refractivity contribution in [2.75, 3.05) is 13.6 Å². The van der Waals surface area contributed by atoms with Gasteiger partial charge in [0.25, 0.3) is 0 Å². The van der Waals surface area contributed by atoms with Crippen molar-refractivity contribution >= 4 is 11.8 Å². The van der Waals surface area contributed by atoms with Crippen molar-refractivity contribution < 1.29 is 0 Å². The summed E-state index contributed by atoms with van der Waals surface area (Å²) in [6.07, 6.45) is 4.18. The highest BCUT2D eigenvalue weighted by Gasteiger charge is 2.46. The van der Waals surface area contributed by atoms with Gasteiger partial charge < -0.3 is 5.32 Å². The van der Waals surface area contributed by atoms with Crippen molar-refractivity contribution in [3.63, 3.8) is 0 Å². The Hall–Kier alpha value is 0.230. The number of fused-ring (bicyclic) bond motifs is 1. The third-order valence-electron chi connectivity index (χ3n) is 5.30. The van der Waals surface area contributed by atoms with Gasteiger partial charge in [-0.1, -0.05) is 20.8 Å².